The Morgan fingerprint density at radius 1 is 1.53 bits per heavy atom. The number of morpholine rings is 1. The molecule has 0 aromatic carbocycles. The minimum atomic E-state index is -0.135. The first-order valence-corrected chi connectivity index (χ1v) is 5.48. The molecule has 3 N–H and O–H groups in total. The van der Waals surface area contributed by atoms with Gasteiger partial charge in [0.15, 0.2) is 0 Å². The van der Waals surface area contributed by atoms with Gasteiger partial charge >= 0.3 is 0 Å². The third kappa shape index (κ3) is 3.15. The highest BCUT2D eigenvalue weighted by Gasteiger charge is 2.30. The molecule has 1 aliphatic heterocycles. The smallest absolute Gasteiger partial charge is 0.251 e. The predicted molar refractivity (Wildman–Crippen MR) is 58.0 cm³/mol. The second-order valence-corrected chi connectivity index (χ2v) is 4.14. The van der Waals surface area contributed by atoms with Crippen LogP contribution in [0.5, 0.6) is 0 Å². The van der Waals surface area contributed by atoms with Crippen LogP contribution in [0, 0.1) is 0 Å². The molecule has 0 spiro atoms. The van der Waals surface area contributed by atoms with Crippen LogP contribution in [-0.4, -0.2) is 42.1 Å². The van der Waals surface area contributed by atoms with Crippen LogP contribution in [0.2, 0.25) is 0 Å². The van der Waals surface area contributed by atoms with Crippen molar-refractivity contribution in [3.05, 3.63) is 0 Å². The second-order valence-electron chi connectivity index (χ2n) is 4.14. The fraction of sp³-hybridized carbons (Fsp3) is 0.900. The zero-order chi connectivity index (χ0) is 11.4. The van der Waals surface area contributed by atoms with Crippen molar-refractivity contribution < 1.29 is 9.53 Å². The second kappa shape index (κ2) is 5.44. The molecule has 0 bridgehead atoms. The molecule has 1 saturated heterocycles. The van der Waals surface area contributed by atoms with Gasteiger partial charge in [-0.25, -0.2) is 5.84 Å². The van der Waals surface area contributed by atoms with Gasteiger partial charge in [0.05, 0.1) is 18.2 Å². The zero-order valence-electron chi connectivity index (χ0n) is 9.69. The molecule has 1 heterocycles. The van der Waals surface area contributed by atoms with Crippen molar-refractivity contribution in [2.24, 2.45) is 5.84 Å². The quantitative estimate of drug-likeness (QED) is 0.391. The summed E-state index contributed by atoms with van der Waals surface area (Å²) in [4.78, 5) is 13.7. The number of hydrogen-bond donors (Lipinski definition) is 2. The predicted octanol–water partition coefficient (Wildman–Crippen LogP) is -0.136. The van der Waals surface area contributed by atoms with Gasteiger partial charge in [0.2, 0.25) is 0 Å². The molecular weight excluding hydrogens is 194 g/mol. The van der Waals surface area contributed by atoms with E-state index < -0.39 is 0 Å². The Morgan fingerprint density at radius 3 is 2.47 bits per heavy atom. The van der Waals surface area contributed by atoms with Crippen molar-refractivity contribution in [1.29, 1.82) is 0 Å². The SMILES string of the molecule is CC[C@H](C(=O)NN)N1C[C@@H](C)O[C@@H](C)C1. The molecule has 1 fully saturated rings. The highest BCUT2D eigenvalue weighted by Crippen LogP contribution is 2.15. The summed E-state index contributed by atoms with van der Waals surface area (Å²) in [6.07, 6.45) is 1.12. The Morgan fingerprint density at radius 2 is 2.07 bits per heavy atom. The molecule has 5 heteroatoms. The minimum absolute atomic E-state index is 0.112. The van der Waals surface area contributed by atoms with Gasteiger partial charge < -0.3 is 4.74 Å². The van der Waals surface area contributed by atoms with E-state index in [2.05, 4.69) is 10.3 Å². The Bertz CT molecular complexity index is 213. The number of carbonyl (C=O) groups is 1. The van der Waals surface area contributed by atoms with Crippen LogP contribution in [0.1, 0.15) is 27.2 Å². The standard InChI is InChI=1S/C10H21N3O2/c1-4-9(10(14)12-11)13-5-7(2)15-8(3)6-13/h7-9H,4-6,11H2,1-3H3,(H,12,14)/t7-,8+,9-/m1/s1. The number of hydrazine groups is 1. The number of nitrogens with zero attached hydrogens (tertiary/aromatic N) is 1. The normalized spacial score (nSPS) is 29.9. The van der Waals surface area contributed by atoms with Gasteiger partial charge in [0.25, 0.3) is 5.91 Å². The first kappa shape index (κ1) is 12.4. The summed E-state index contributed by atoms with van der Waals surface area (Å²) in [7, 11) is 0. The van der Waals surface area contributed by atoms with Crippen LogP contribution in [0.4, 0.5) is 0 Å². The maximum atomic E-state index is 11.5. The summed E-state index contributed by atoms with van der Waals surface area (Å²) in [6.45, 7) is 7.61. The fourth-order valence-electron chi connectivity index (χ4n) is 2.18. The lowest BCUT2D eigenvalue weighted by molar-refractivity contribution is -0.133. The monoisotopic (exact) mass is 215 g/mol. The van der Waals surface area contributed by atoms with E-state index in [0.717, 1.165) is 19.5 Å². The third-order valence-electron chi connectivity index (χ3n) is 2.72. The lowest BCUT2D eigenvalue weighted by Crippen LogP contribution is -2.55. The van der Waals surface area contributed by atoms with Gasteiger partial charge in [-0.05, 0) is 20.3 Å². The molecule has 0 aromatic heterocycles. The van der Waals surface area contributed by atoms with Crippen LogP contribution in [0.3, 0.4) is 0 Å². The lowest BCUT2D eigenvalue weighted by atomic mass is 10.1. The maximum absolute atomic E-state index is 11.5. The molecule has 0 aliphatic carbocycles. The van der Waals surface area contributed by atoms with Crippen LogP contribution in [0.25, 0.3) is 0 Å². The van der Waals surface area contributed by atoms with E-state index in [1.165, 1.54) is 0 Å². The number of nitrogens with one attached hydrogen (secondary N) is 1. The zero-order valence-corrected chi connectivity index (χ0v) is 9.69. The number of ether oxygens (including phenoxy) is 1. The van der Waals surface area contributed by atoms with Gasteiger partial charge in [-0.1, -0.05) is 6.92 Å². The van der Waals surface area contributed by atoms with Crippen LogP contribution < -0.4 is 11.3 Å². The average molecular weight is 215 g/mol. The van der Waals surface area contributed by atoms with Crippen molar-refractivity contribution in [2.45, 2.75) is 45.4 Å². The first-order valence-electron chi connectivity index (χ1n) is 5.48. The van der Waals surface area contributed by atoms with Crippen molar-refractivity contribution >= 4 is 5.91 Å². The summed E-state index contributed by atoms with van der Waals surface area (Å²) in [5, 5.41) is 0. The van der Waals surface area contributed by atoms with Crippen molar-refractivity contribution in [2.75, 3.05) is 13.1 Å². The largest absolute Gasteiger partial charge is 0.373 e. The topological polar surface area (TPSA) is 67.6 Å². The third-order valence-corrected chi connectivity index (χ3v) is 2.72. The van der Waals surface area contributed by atoms with Crippen molar-refractivity contribution in [3.8, 4) is 0 Å². The average Bonchev–Trinajstić information content (AvgIpc) is 2.17. The van der Waals surface area contributed by atoms with E-state index >= 15 is 0 Å². The maximum Gasteiger partial charge on any atom is 0.251 e. The van der Waals surface area contributed by atoms with E-state index in [1.807, 2.05) is 20.8 Å². The molecule has 15 heavy (non-hydrogen) atoms. The highest BCUT2D eigenvalue weighted by molar-refractivity contribution is 5.81. The fourth-order valence-corrected chi connectivity index (χ4v) is 2.18. The molecule has 0 unspecified atom stereocenters. The number of rotatable bonds is 3. The molecule has 3 atom stereocenters. The van der Waals surface area contributed by atoms with E-state index in [0.29, 0.717) is 0 Å². The first-order chi connectivity index (χ1) is 7.08. The van der Waals surface area contributed by atoms with Gasteiger partial charge in [0, 0.05) is 13.1 Å². The Hall–Kier alpha value is -0.650. The number of amides is 1. The summed E-state index contributed by atoms with van der Waals surface area (Å²) >= 11 is 0. The summed E-state index contributed by atoms with van der Waals surface area (Å²) < 4.78 is 5.62. The molecule has 5 nitrogen and oxygen atoms in total. The number of hydrogen-bond acceptors (Lipinski definition) is 4. The van der Waals surface area contributed by atoms with Gasteiger partial charge in [-0.15, -0.1) is 0 Å². The summed E-state index contributed by atoms with van der Waals surface area (Å²) in [6, 6.07) is -0.135. The minimum Gasteiger partial charge on any atom is -0.373 e. The summed E-state index contributed by atoms with van der Waals surface area (Å²) in [5.41, 5.74) is 2.22. The Balaban J connectivity index is 2.63. The van der Waals surface area contributed by atoms with Crippen molar-refractivity contribution in [1.82, 2.24) is 10.3 Å². The number of nitrogens with two attached hydrogens (primary N) is 1. The molecule has 1 amide bonds. The van der Waals surface area contributed by atoms with E-state index in [9.17, 15) is 4.79 Å². The molecule has 0 aromatic rings. The highest BCUT2D eigenvalue weighted by atomic mass is 16.5. The Labute approximate surface area is 90.9 Å². The van der Waals surface area contributed by atoms with Gasteiger partial charge in [-0.2, -0.15) is 0 Å². The van der Waals surface area contributed by atoms with Crippen molar-refractivity contribution in [3.63, 3.8) is 0 Å². The molecule has 1 rings (SSSR count). The Kier molecular flexibility index (Phi) is 4.50. The molecule has 0 radical (unpaired) electrons. The van der Waals surface area contributed by atoms with E-state index in [-0.39, 0.29) is 24.2 Å². The van der Waals surface area contributed by atoms with Crippen LogP contribution in [-0.2, 0) is 9.53 Å². The number of carbonyl (C=O) groups excluding carboxylic acids is 1. The van der Waals surface area contributed by atoms with Gasteiger partial charge in [0.1, 0.15) is 0 Å². The van der Waals surface area contributed by atoms with Gasteiger partial charge in [-0.3, -0.25) is 15.1 Å². The molecular formula is C10H21N3O2. The van der Waals surface area contributed by atoms with Crippen LogP contribution in [0.15, 0.2) is 0 Å². The van der Waals surface area contributed by atoms with E-state index in [1.54, 1.807) is 0 Å². The molecule has 0 saturated carbocycles. The summed E-state index contributed by atoms with van der Waals surface area (Å²) in [5.74, 6) is 5.05. The molecule has 88 valence electrons. The molecule has 1 aliphatic rings. The van der Waals surface area contributed by atoms with Crippen LogP contribution >= 0.6 is 0 Å². The van der Waals surface area contributed by atoms with E-state index in [4.69, 9.17) is 10.6 Å². The lowest BCUT2D eigenvalue weighted by Gasteiger charge is -2.38.